The van der Waals surface area contributed by atoms with Gasteiger partial charge in [0.15, 0.2) is 6.04 Å². The zero-order valence-electron chi connectivity index (χ0n) is 19.1. The van der Waals surface area contributed by atoms with Crippen molar-refractivity contribution in [2.24, 2.45) is 5.73 Å². The van der Waals surface area contributed by atoms with E-state index in [4.69, 9.17) is 5.73 Å². The van der Waals surface area contributed by atoms with Gasteiger partial charge >= 0.3 is 5.97 Å². The molecule has 5 N–H and O–H groups in total. The normalized spacial score (nSPS) is 13.4. The molecule has 6 heteroatoms. The van der Waals surface area contributed by atoms with Crippen LogP contribution in [-0.2, 0) is 9.59 Å². The first-order chi connectivity index (χ1) is 14.5. The number of hydrogen-bond donors (Lipinski definition) is 4. The fraction of sp³-hybridized carbons (Fsp3) is 0.833. The third-order valence-electron chi connectivity index (χ3n) is 5.34. The van der Waals surface area contributed by atoms with Gasteiger partial charge in [-0.25, -0.2) is 4.79 Å². The maximum absolute atomic E-state index is 12.0. The van der Waals surface area contributed by atoms with E-state index in [0.717, 1.165) is 32.1 Å². The highest BCUT2D eigenvalue weighted by Gasteiger charge is 2.27. The summed E-state index contributed by atoms with van der Waals surface area (Å²) in [4.78, 5) is 23.2. The molecule has 0 spiro atoms. The Bertz CT molecular complexity index is 454. The van der Waals surface area contributed by atoms with Crippen molar-refractivity contribution in [3.63, 3.8) is 0 Å². The Balaban J connectivity index is 3.63. The second kappa shape index (κ2) is 20.9. The molecule has 0 aromatic carbocycles. The smallest absolute Gasteiger partial charge is 0.328 e. The van der Waals surface area contributed by atoms with Crippen molar-refractivity contribution in [3.8, 4) is 0 Å². The lowest BCUT2D eigenvalue weighted by atomic mass is 10.0. The lowest BCUT2D eigenvalue weighted by molar-refractivity contribution is -0.145. The first-order valence-corrected chi connectivity index (χ1v) is 12.1. The molecule has 0 aliphatic carbocycles. The molecule has 0 heterocycles. The quantitative estimate of drug-likeness (QED) is 0.157. The summed E-state index contributed by atoms with van der Waals surface area (Å²) in [6.45, 7) is 2.63. The van der Waals surface area contributed by atoms with E-state index in [1.54, 1.807) is 0 Å². The van der Waals surface area contributed by atoms with Gasteiger partial charge in [0.1, 0.15) is 0 Å². The van der Waals surface area contributed by atoms with Crippen molar-refractivity contribution in [2.45, 2.75) is 122 Å². The van der Waals surface area contributed by atoms with E-state index in [1.165, 1.54) is 51.4 Å². The van der Waals surface area contributed by atoms with E-state index in [-0.39, 0.29) is 12.3 Å². The highest BCUT2D eigenvalue weighted by molar-refractivity contribution is 5.83. The van der Waals surface area contributed by atoms with Gasteiger partial charge in [-0.3, -0.25) is 4.79 Å². The van der Waals surface area contributed by atoms with Crippen molar-refractivity contribution in [1.82, 2.24) is 5.32 Å². The fourth-order valence-electron chi connectivity index (χ4n) is 3.42. The minimum Gasteiger partial charge on any atom is -0.480 e. The zero-order chi connectivity index (χ0) is 22.5. The van der Waals surface area contributed by atoms with Crippen LogP contribution in [0.3, 0.4) is 0 Å². The van der Waals surface area contributed by atoms with Gasteiger partial charge in [0.2, 0.25) is 5.91 Å². The summed E-state index contributed by atoms with van der Waals surface area (Å²) in [6.07, 6.45) is 20.1. The third-order valence-corrected chi connectivity index (χ3v) is 5.34. The number of aliphatic hydroxyl groups excluding tert-OH is 1. The van der Waals surface area contributed by atoms with Crippen LogP contribution in [0.1, 0.15) is 110 Å². The van der Waals surface area contributed by atoms with Crippen molar-refractivity contribution < 1.29 is 19.8 Å². The number of amides is 1. The Labute approximate surface area is 183 Å². The summed E-state index contributed by atoms with van der Waals surface area (Å²) < 4.78 is 0. The molecule has 1 amide bonds. The molecule has 0 aliphatic heterocycles. The molecule has 2 unspecified atom stereocenters. The summed E-state index contributed by atoms with van der Waals surface area (Å²) in [5.74, 6) is -1.52. The number of aliphatic hydroxyl groups is 1. The molecule has 0 saturated carbocycles. The van der Waals surface area contributed by atoms with Crippen molar-refractivity contribution >= 4 is 11.9 Å². The maximum atomic E-state index is 12.0. The Morgan fingerprint density at radius 3 is 1.93 bits per heavy atom. The second-order valence-corrected chi connectivity index (χ2v) is 8.22. The van der Waals surface area contributed by atoms with Crippen LogP contribution in [0.25, 0.3) is 0 Å². The number of carbonyl (C=O) groups is 2. The summed E-state index contributed by atoms with van der Waals surface area (Å²) in [5.41, 5.74) is 5.38. The maximum Gasteiger partial charge on any atom is 0.328 e. The number of rotatable bonds is 21. The minimum atomic E-state index is -1.26. The number of unbranched alkanes of at least 4 members (excludes halogenated alkanes) is 11. The van der Waals surface area contributed by atoms with Crippen molar-refractivity contribution in [3.05, 3.63) is 12.2 Å². The average molecular weight is 427 g/mol. The minimum absolute atomic E-state index is 0.265. The van der Waals surface area contributed by atoms with E-state index >= 15 is 0 Å². The predicted molar refractivity (Wildman–Crippen MR) is 123 cm³/mol. The van der Waals surface area contributed by atoms with Crippen LogP contribution >= 0.6 is 0 Å². The highest BCUT2D eigenvalue weighted by Crippen LogP contribution is 2.10. The van der Waals surface area contributed by atoms with E-state index in [2.05, 4.69) is 24.4 Å². The summed E-state index contributed by atoms with van der Waals surface area (Å²) in [5, 5.41) is 21.5. The van der Waals surface area contributed by atoms with Gasteiger partial charge in [0, 0.05) is 6.42 Å². The number of carboxylic acid groups (broad SMARTS) is 1. The Kier molecular flexibility index (Phi) is 19.9. The largest absolute Gasteiger partial charge is 0.480 e. The van der Waals surface area contributed by atoms with Gasteiger partial charge in [0.05, 0.1) is 6.10 Å². The van der Waals surface area contributed by atoms with Gasteiger partial charge in [0.25, 0.3) is 0 Å². The molecule has 0 aromatic rings. The van der Waals surface area contributed by atoms with Crippen LogP contribution in [0.15, 0.2) is 12.2 Å². The summed E-state index contributed by atoms with van der Waals surface area (Å²) in [6, 6.07) is -1.26. The number of nitrogens with two attached hydrogens (primary N) is 1. The molecule has 0 radical (unpaired) electrons. The Morgan fingerprint density at radius 1 is 0.867 bits per heavy atom. The van der Waals surface area contributed by atoms with Crippen LogP contribution in [0.2, 0.25) is 0 Å². The lowest BCUT2D eigenvalue weighted by Crippen LogP contribution is -2.48. The SMILES string of the molecule is CCCCCCCC/C=C\CCCCCCCC(=O)NC(C(=O)O)C(O)CCCN. The van der Waals surface area contributed by atoms with Crippen LogP contribution < -0.4 is 11.1 Å². The topological polar surface area (TPSA) is 113 Å². The van der Waals surface area contributed by atoms with E-state index in [9.17, 15) is 19.8 Å². The van der Waals surface area contributed by atoms with Gasteiger partial charge in [-0.2, -0.15) is 0 Å². The summed E-state index contributed by atoms with van der Waals surface area (Å²) >= 11 is 0. The molecule has 176 valence electrons. The zero-order valence-corrected chi connectivity index (χ0v) is 19.1. The van der Waals surface area contributed by atoms with E-state index in [0.29, 0.717) is 19.4 Å². The lowest BCUT2D eigenvalue weighted by Gasteiger charge is -2.20. The average Bonchev–Trinajstić information content (AvgIpc) is 2.72. The van der Waals surface area contributed by atoms with Gasteiger partial charge in [-0.1, -0.05) is 70.4 Å². The van der Waals surface area contributed by atoms with Gasteiger partial charge < -0.3 is 21.3 Å². The molecule has 0 bridgehead atoms. The number of carboxylic acids is 1. The molecule has 2 atom stereocenters. The molecule has 6 nitrogen and oxygen atoms in total. The van der Waals surface area contributed by atoms with Crippen LogP contribution in [0.5, 0.6) is 0 Å². The van der Waals surface area contributed by atoms with Gasteiger partial charge in [-0.15, -0.1) is 0 Å². The molecule has 0 aromatic heterocycles. The Morgan fingerprint density at radius 2 is 1.40 bits per heavy atom. The van der Waals surface area contributed by atoms with Crippen LogP contribution in [0.4, 0.5) is 0 Å². The van der Waals surface area contributed by atoms with Gasteiger partial charge in [-0.05, 0) is 51.5 Å². The van der Waals surface area contributed by atoms with Crippen molar-refractivity contribution in [1.29, 1.82) is 0 Å². The number of carbonyl (C=O) groups excluding carboxylic acids is 1. The number of hydrogen-bond acceptors (Lipinski definition) is 4. The van der Waals surface area contributed by atoms with E-state index in [1.807, 2.05) is 0 Å². The monoisotopic (exact) mass is 426 g/mol. The number of allylic oxidation sites excluding steroid dienone is 2. The standard InChI is InChI=1S/C24H46N2O4/c1-2-3-4-5-6-7-8-9-10-11-12-13-14-15-16-19-22(28)26-23(24(29)30)21(27)18-17-20-25/h9-10,21,23,27H,2-8,11-20,25H2,1H3,(H,26,28)(H,29,30)/b10-9-. The molecule has 30 heavy (non-hydrogen) atoms. The first-order valence-electron chi connectivity index (χ1n) is 12.1. The summed E-state index contributed by atoms with van der Waals surface area (Å²) in [7, 11) is 0. The van der Waals surface area contributed by atoms with Crippen molar-refractivity contribution in [2.75, 3.05) is 6.54 Å². The Hall–Kier alpha value is -1.40. The van der Waals surface area contributed by atoms with E-state index < -0.39 is 18.1 Å². The molecular formula is C24H46N2O4. The molecular weight excluding hydrogens is 380 g/mol. The second-order valence-electron chi connectivity index (χ2n) is 8.22. The molecule has 0 aliphatic rings. The predicted octanol–water partition coefficient (Wildman–Crippen LogP) is 4.69. The third kappa shape index (κ3) is 17.5. The van der Waals surface area contributed by atoms with Crippen LogP contribution in [0, 0.1) is 0 Å². The number of nitrogens with one attached hydrogen (secondary N) is 1. The number of aliphatic carboxylic acids is 1. The first kappa shape index (κ1) is 28.6. The molecule has 0 fully saturated rings. The molecule has 0 saturated heterocycles. The fourth-order valence-corrected chi connectivity index (χ4v) is 3.42. The highest BCUT2D eigenvalue weighted by atomic mass is 16.4. The van der Waals surface area contributed by atoms with Crippen LogP contribution in [-0.4, -0.2) is 40.8 Å². The molecule has 0 rings (SSSR count).